The van der Waals surface area contributed by atoms with Gasteiger partial charge in [0.25, 0.3) is 0 Å². The summed E-state index contributed by atoms with van der Waals surface area (Å²) in [4.78, 5) is 26.1. The first-order chi connectivity index (χ1) is 18.5. The fourth-order valence-corrected chi connectivity index (χ4v) is 5.68. The maximum Gasteiger partial charge on any atom is 0.237 e. The average molecular weight is 513 g/mol. The molecule has 3 N–H and O–H groups in total. The van der Waals surface area contributed by atoms with Gasteiger partial charge in [-0.2, -0.15) is 0 Å². The van der Waals surface area contributed by atoms with Gasteiger partial charge in [-0.3, -0.25) is 4.79 Å². The molecule has 9 heteroatoms. The Kier molecular flexibility index (Phi) is 6.06. The van der Waals surface area contributed by atoms with Gasteiger partial charge in [-0.15, -0.1) is 0 Å². The fraction of sp³-hybridized carbons (Fsp3) is 0.310. The number of hydrogen-bond donors (Lipinski definition) is 3. The molecule has 2 aromatic carbocycles. The molecule has 1 aliphatic heterocycles. The molecule has 0 saturated heterocycles. The molecule has 0 unspecified atom stereocenters. The lowest BCUT2D eigenvalue weighted by molar-refractivity contribution is -0.126. The Labute approximate surface area is 220 Å². The molecule has 0 bridgehead atoms. The quantitative estimate of drug-likeness (QED) is 0.336. The van der Waals surface area contributed by atoms with Crippen LogP contribution in [0.1, 0.15) is 36.8 Å². The second-order valence-electron chi connectivity index (χ2n) is 9.91. The van der Waals surface area contributed by atoms with Crippen molar-refractivity contribution in [1.82, 2.24) is 20.3 Å². The van der Waals surface area contributed by atoms with Crippen LogP contribution in [0.3, 0.4) is 0 Å². The van der Waals surface area contributed by atoms with Gasteiger partial charge in [-0.1, -0.05) is 25.0 Å². The van der Waals surface area contributed by atoms with E-state index >= 15 is 4.39 Å². The van der Waals surface area contributed by atoms with Gasteiger partial charge in [-0.25, -0.2) is 19.3 Å². The summed E-state index contributed by atoms with van der Waals surface area (Å²) in [5.41, 5.74) is 4.74. The highest BCUT2D eigenvalue weighted by Crippen LogP contribution is 2.42. The highest BCUT2D eigenvalue weighted by atomic mass is 19.1. The third-order valence-electron chi connectivity index (χ3n) is 7.72. The maximum atomic E-state index is 15.2. The molecule has 38 heavy (non-hydrogen) atoms. The maximum absolute atomic E-state index is 15.2. The standard InChI is InChI=1S/C29H29FN6O2/c1-17-22(16-33-26-25(17)32-11-12-38-26)21-14-24-18(13-23(21)30)15-34-28(36-24)35-20-7-5-19(6-8-20)29(27(37)31-2)9-3-4-10-29/h5-8,13-16,32H,3-4,9-12H2,1-2H3,(H,31,37)(H,34,35,36). The van der Waals surface area contributed by atoms with Crippen LogP contribution in [0.2, 0.25) is 0 Å². The van der Waals surface area contributed by atoms with Crippen molar-refractivity contribution in [2.45, 2.75) is 38.0 Å². The Morgan fingerprint density at radius 1 is 1.08 bits per heavy atom. The molecule has 3 heterocycles. The Morgan fingerprint density at radius 3 is 2.63 bits per heavy atom. The van der Waals surface area contributed by atoms with Crippen LogP contribution in [0.25, 0.3) is 22.0 Å². The highest BCUT2D eigenvalue weighted by Gasteiger charge is 2.42. The normalized spacial score (nSPS) is 15.9. The summed E-state index contributed by atoms with van der Waals surface area (Å²) >= 11 is 0. The van der Waals surface area contributed by atoms with Crippen LogP contribution < -0.4 is 20.7 Å². The summed E-state index contributed by atoms with van der Waals surface area (Å²) in [6, 6.07) is 11.1. The summed E-state index contributed by atoms with van der Waals surface area (Å²) in [5.74, 6) is 0.646. The van der Waals surface area contributed by atoms with Crippen molar-refractivity contribution < 1.29 is 13.9 Å². The van der Waals surface area contributed by atoms with Crippen LogP contribution in [0, 0.1) is 12.7 Å². The van der Waals surface area contributed by atoms with Crippen LogP contribution in [0.4, 0.5) is 21.7 Å². The number of fused-ring (bicyclic) bond motifs is 2. The molecular weight excluding hydrogens is 483 g/mol. The molecule has 8 nitrogen and oxygen atoms in total. The number of nitrogens with zero attached hydrogens (tertiary/aromatic N) is 3. The topological polar surface area (TPSA) is 101 Å². The van der Waals surface area contributed by atoms with Gasteiger partial charge >= 0.3 is 0 Å². The number of halogens is 1. The zero-order valence-corrected chi connectivity index (χ0v) is 21.4. The molecule has 2 aliphatic rings. The minimum absolute atomic E-state index is 0.0734. The Balaban J connectivity index is 1.29. The summed E-state index contributed by atoms with van der Waals surface area (Å²) in [7, 11) is 1.70. The van der Waals surface area contributed by atoms with E-state index in [9.17, 15) is 4.79 Å². The summed E-state index contributed by atoms with van der Waals surface area (Å²) < 4.78 is 20.8. The smallest absolute Gasteiger partial charge is 0.237 e. The van der Waals surface area contributed by atoms with Crippen LogP contribution in [-0.2, 0) is 10.2 Å². The first kappa shape index (κ1) is 24.1. The highest BCUT2D eigenvalue weighted by molar-refractivity contribution is 5.89. The van der Waals surface area contributed by atoms with E-state index in [1.165, 1.54) is 6.07 Å². The number of benzene rings is 2. The van der Waals surface area contributed by atoms with Gasteiger partial charge in [0.1, 0.15) is 18.1 Å². The number of carbonyl (C=O) groups is 1. The molecule has 0 radical (unpaired) electrons. The predicted octanol–water partition coefficient (Wildman–Crippen LogP) is 5.25. The van der Waals surface area contributed by atoms with Crippen LogP contribution in [0.15, 0.2) is 48.8 Å². The molecule has 1 saturated carbocycles. The minimum Gasteiger partial charge on any atom is -0.474 e. The zero-order chi connectivity index (χ0) is 26.3. The minimum atomic E-state index is -0.460. The third kappa shape index (κ3) is 4.08. The molecule has 6 rings (SSSR count). The van der Waals surface area contributed by atoms with E-state index in [1.54, 1.807) is 25.5 Å². The second-order valence-corrected chi connectivity index (χ2v) is 9.91. The number of aromatic nitrogens is 3. The van der Waals surface area contributed by atoms with E-state index in [-0.39, 0.29) is 11.7 Å². The Bertz CT molecular complexity index is 1530. The monoisotopic (exact) mass is 512 g/mol. The van der Waals surface area contributed by atoms with Gasteiger partial charge in [0.05, 0.1) is 10.9 Å². The van der Waals surface area contributed by atoms with Crippen LogP contribution >= 0.6 is 0 Å². The molecule has 0 atom stereocenters. The number of amides is 1. The number of ether oxygens (including phenoxy) is 1. The Hall–Kier alpha value is -4.27. The number of carbonyl (C=O) groups excluding carboxylic acids is 1. The van der Waals surface area contributed by atoms with Gasteiger partial charge in [0.15, 0.2) is 0 Å². The first-order valence-corrected chi connectivity index (χ1v) is 12.9. The predicted molar refractivity (Wildman–Crippen MR) is 145 cm³/mol. The summed E-state index contributed by atoms with van der Waals surface area (Å²) in [6.45, 7) is 3.15. The second kappa shape index (κ2) is 9.55. The number of anilines is 3. The number of nitrogens with one attached hydrogen (secondary N) is 3. The molecule has 1 amide bonds. The molecule has 1 fully saturated rings. The largest absolute Gasteiger partial charge is 0.474 e. The Morgan fingerprint density at radius 2 is 1.87 bits per heavy atom. The SMILES string of the molecule is CNC(=O)C1(c2ccc(Nc3ncc4cc(F)c(-c5cnc6c(c5C)NCCO6)cc4n3)cc2)CCCC1. The van der Waals surface area contributed by atoms with E-state index in [0.29, 0.717) is 47.0 Å². The molecule has 2 aromatic heterocycles. The van der Waals surface area contributed by atoms with E-state index in [2.05, 4.69) is 30.9 Å². The molecule has 194 valence electrons. The molecular formula is C29H29FN6O2. The number of rotatable bonds is 5. The van der Waals surface area contributed by atoms with Gasteiger partial charge in [0, 0.05) is 48.2 Å². The van der Waals surface area contributed by atoms with Crippen molar-refractivity contribution >= 4 is 34.1 Å². The number of pyridine rings is 1. The van der Waals surface area contributed by atoms with Gasteiger partial charge in [0.2, 0.25) is 17.7 Å². The van der Waals surface area contributed by atoms with E-state index in [4.69, 9.17) is 4.74 Å². The first-order valence-electron chi connectivity index (χ1n) is 12.9. The van der Waals surface area contributed by atoms with Crippen LogP contribution in [-0.4, -0.2) is 41.1 Å². The van der Waals surface area contributed by atoms with Crippen molar-refractivity contribution in [2.24, 2.45) is 0 Å². The number of likely N-dealkylation sites (N-methyl/N-ethyl adjacent to an activating group) is 1. The van der Waals surface area contributed by atoms with Crippen molar-refractivity contribution in [1.29, 1.82) is 0 Å². The van der Waals surface area contributed by atoms with E-state index < -0.39 is 5.41 Å². The third-order valence-corrected chi connectivity index (χ3v) is 7.72. The zero-order valence-electron chi connectivity index (χ0n) is 21.4. The lowest BCUT2D eigenvalue weighted by atomic mass is 9.78. The summed E-state index contributed by atoms with van der Waals surface area (Å²) in [6.07, 6.45) is 7.06. The summed E-state index contributed by atoms with van der Waals surface area (Å²) in [5, 5.41) is 9.98. The van der Waals surface area contributed by atoms with Crippen LogP contribution in [0.5, 0.6) is 5.88 Å². The fourth-order valence-electron chi connectivity index (χ4n) is 5.68. The van der Waals surface area contributed by atoms with Gasteiger partial charge < -0.3 is 20.7 Å². The van der Waals surface area contributed by atoms with Crippen molar-refractivity contribution in [3.05, 3.63) is 65.7 Å². The number of hydrogen-bond acceptors (Lipinski definition) is 7. The lowest BCUT2D eigenvalue weighted by Gasteiger charge is -2.27. The lowest BCUT2D eigenvalue weighted by Crippen LogP contribution is -2.40. The molecule has 4 aromatic rings. The van der Waals surface area contributed by atoms with Crippen molar-refractivity contribution in [3.63, 3.8) is 0 Å². The molecule has 0 spiro atoms. The van der Waals surface area contributed by atoms with Crippen molar-refractivity contribution in [2.75, 3.05) is 30.8 Å². The van der Waals surface area contributed by atoms with Crippen molar-refractivity contribution in [3.8, 4) is 17.0 Å². The molecule has 1 aliphatic carbocycles. The van der Waals surface area contributed by atoms with Gasteiger partial charge in [-0.05, 0) is 55.2 Å². The average Bonchev–Trinajstić information content (AvgIpc) is 3.45. The van der Waals surface area contributed by atoms with E-state index in [0.717, 1.165) is 48.2 Å². The van der Waals surface area contributed by atoms with E-state index in [1.807, 2.05) is 31.2 Å².